The number of halogens is 1. The van der Waals surface area contributed by atoms with E-state index >= 15 is 0 Å². The lowest BCUT2D eigenvalue weighted by atomic mass is 10.3. The van der Waals surface area contributed by atoms with Gasteiger partial charge in [0, 0.05) is 12.2 Å². The van der Waals surface area contributed by atoms with Crippen LogP contribution in [0.4, 0.5) is 14.9 Å². The number of amides is 2. The van der Waals surface area contributed by atoms with Crippen LogP contribution in [0.15, 0.2) is 24.3 Å². The fourth-order valence-electron chi connectivity index (χ4n) is 1.72. The number of urea groups is 1. The van der Waals surface area contributed by atoms with Crippen LogP contribution in [0, 0.1) is 5.82 Å². The molecule has 102 valence electrons. The molecule has 2 amide bonds. The molecule has 1 aromatic carbocycles. The molecule has 1 fully saturated rings. The third-order valence-electron chi connectivity index (χ3n) is 2.72. The van der Waals surface area contributed by atoms with Gasteiger partial charge in [0.1, 0.15) is 5.82 Å². The number of hydrogen-bond donors (Lipinski definition) is 2. The number of nitrogens with zero attached hydrogens (tertiary/aromatic N) is 1. The minimum atomic E-state index is -1.10. The Morgan fingerprint density at radius 3 is 2.68 bits per heavy atom. The van der Waals surface area contributed by atoms with E-state index in [2.05, 4.69) is 5.32 Å². The van der Waals surface area contributed by atoms with Crippen molar-refractivity contribution in [3.8, 4) is 0 Å². The molecule has 0 bridgehead atoms. The van der Waals surface area contributed by atoms with Gasteiger partial charge >= 0.3 is 12.0 Å². The minimum absolute atomic E-state index is 0.0115. The summed E-state index contributed by atoms with van der Waals surface area (Å²) in [6, 6.07) is 4.90. The molecule has 1 aliphatic heterocycles. The first-order valence-corrected chi connectivity index (χ1v) is 5.72. The third kappa shape index (κ3) is 3.41. The van der Waals surface area contributed by atoms with Crippen molar-refractivity contribution < 1.29 is 23.8 Å². The molecule has 0 radical (unpaired) electrons. The van der Waals surface area contributed by atoms with Crippen LogP contribution in [-0.2, 0) is 9.53 Å². The molecule has 19 heavy (non-hydrogen) atoms. The van der Waals surface area contributed by atoms with Crippen molar-refractivity contribution in [2.24, 2.45) is 0 Å². The average Bonchev–Trinajstić information content (AvgIpc) is 2.41. The first kappa shape index (κ1) is 13.3. The summed E-state index contributed by atoms with van der Waals surface area (Å²) >= 11 is 0. The molecule has 1 aromatic rings. The zero-order chi connectivity index (χ0) is 13.8. The lowest BCUT2D eigenvalue weighted by molar-refractivity contribution is -0.154. The molecule has 1 atom stereocenters. The van der Waals surface area contributed by atoms with Gasteiger partial charge in [-0.05, 0) is 24.3 Å². The number of hydrogen-bond acceptors (Lipinski definition) is 3. The van der Waals surface area contributed by atoms with Crippen LogP contribution in [-0.4, -0.2) is 47.8 Å². The molecule has 2 rings (SSSR count). The number of nitrogens with one attached hydrogen (secondary N) is 1. The Hall–Kier alpha value is -2.15. The number of anilines is 1. The summed E-state index contributed by atoms with van der Waals surface area (Å²) in [6.45, 7) is 0.479. The van der Waals surface area contributed by atoms with Crippen LogP contribution in [0.1, 0.15) is 0 Å². The van der Waals surface area contributed by atoms with E-state index in [1.54, 1.807) is 0 Å². The van der Waals surface area contributed by atoms with Crippen molar-refractivity contribution in [2.45, 2.75) is 6.10 Å². The second-order valence-corrected chi connectivity index (χ2v) is 4.08. The Bertz CT molecular complexity index is 477. The standard InChI is InChI=1S/C12H13FN2O4/c13-8-1-3-9(4-2-8)14-12(18)15-5-6-19-10(7-15)11(16)17/h1-4,10H,5-7H2,(H,14,18)(H,16,17). The smallest absolute Gasteiger partial charge is 0.334 e. The van der Waals surface area contributed by atoms with E-state index in [1.165, 1.54) is 29.2 Å². The van der Waals surface area contributed by atoms with Gasteiger partial charge < -0.3 is 20.1 Å². The van der Waals surface area contributed by atoms with Gasteiger partial charge in [-0.25, -0.2) is 14.0 Å². The molecule has 0 saturated carbocycles. The second kappa shape index (κ2) is 5.66. The van der Waals surface area contributed by atoms with Gasteiger partial charge in [-0.3, -0.25) is 0 Å². The topological polar surface area (TPSA) is 78.9 Å². The van der Waals surface area contributed by atoms with E-state index in [4.69, 9.17) is 9.84 Å². The number of benzene rings is 1. The fraction of sp³-hybridized carbons (Fsp3) is 0.333. The molecule has 1 heterocycles. The first-order valence-electron chi connectivity index (χ1n) is 5.72. The van der Waals surface area contributed by atoms with Gasteiger partial charge in [-0.2, -0.15) is 0 Å². The molecule has 0 aliphatic carbocycles. The summed E-state index contributed by atoms with van der Waals surface area (Å²) in [6.07, 6.45) is -1.01. The number of carbonyl (C=O) groups excluding carboxylic acids is 1. The van der Waals surface area contributed by atoms with Crippen molar-refractivity contribution in [1.82, 2.24) is 4.90 Å². The maximum absolute atomic E-state index is 12.7. The number of carboxylic acids is 1. The molecule has 2 N–H and O–H groups in total. The largest absolute Gasteiger partial charge is 0.479 e. The average molecular weight is 268 g/mol. The van der Waals surface area contributed by atoms with Gasteiger partial charge in [0.2, 0.25) is 0 Å². The van der Waals surface area contributed by atoms with Crippen LogP contribution in [0.2, 0.25) is 0 Å². The van der Waals surface area contributed by atoms with E-state index in [9.17, 15) is 14.0 Å². The van der Waals surface area contributed by atoms with Crippen LogP contribution in [0.25, 0.3) is 0 Å². The van der Waals surface area contributed by atoms with Gasteiger partial charge in [-0.1, -0.05) is 0 Å². The number of aliphatic carboxylic acids is 1. The third-order valence-corrected chi connectivity index (χ3v) is 2.72. The zero-order valence-electron chi connectivity index (χ0n) is 10.0. The normalized spacial score (nSPS) is 19.0. The van der Waals surface area contributed by atoms with E-state index in [-0.39, 0.29) is 13.2 Å². The number of rotatable bonds is 2. The lowest BCUT2D eigenvalue weighted by Crippen LogP contribution is -2.49. The number of morpholine rings is 1. The molecule has 0 aromatic heterocycles. The van der Waals surface area contributed by atoms with Gasteiger partial charge in [0.05, 0.1) is 13.2 Å². The van der Waals surface area contributed by atoms with Crippen molar-refractivity contribution in [3.63, 3.8) is 0 Å². The highest BCUT2D eigenvalue weighted by Gasteiger charge is 2.28. The Morgan fingerprint density at radius 2 is 2.05 bits per heavy atom. The highest BCUT2D eigenvalue weighted by molar-refractivity contribution is 5.89. The van der Waals surface area contributed by atoms with Gasteiger partial charge in [0.15, 0.2) is 6.10 Å². The quantitative estimate of drug-likeness (QED) is 0.843. The van der Waals surface area contributed by atoms with Crippen molar-refractivity contribution >= 4 is 17.7 Å². The number of carboxylic acid groups (broad SMARTS) is 1. The maximum atomic E-state index is 12.7. The van der Waals surface area contributed by atoms with Crippen LogP contribution in [0.3, 0.4) is 0 Å². The van der Waals surface area contributed by atoms with Crippen molar-refractivity contribution in [1.29, 1.82) is 0 Å². The highest BCUT2D eigenvalue weighted by atomic mass is 19.1. The van der Waals surface area contributed by atoms with E-state index in [0.717, 1.165) is 0 Å². The van der Waals surface area contributed by atoms with E-state index in [0.29, 0.717) is 12.2 Å². The predicted molar refractivity (Wildman–Crippen MR) is 64.4 cm³/mol. The van der Waals surface area contributed by atoms with E-state index in [1.807, 2.05) is 0 Å². The lowest BCUT2D eigenvalue weighted by Gasteiger charge is -2.30. The Balaban J connectivity index is 1.96. The second-order valence-electron chi connectivity index (χ2n) is 4.08. The summed E-state index contributed by atoms with van der Waals surface area (Å²) in [5.74, 6) is -1.49. The highest BCUT2D eigenvalue weighted by Crippen LogP contribution is 2.11. The van der Waals surface area contributed by atoms with Crippen molar-refractivity contribution in [3.05, 3.63) is 30.1 Å². The summed E-state index contributed by atoms with van der Waals surface area (Å²) < 4.78 is 17.7. The van der Waals surface area contributed by atoms with Gasteiger partial charge in [-0.15, -0.1) is 0 Å². The molecule has 1 saturated heterocycles. The molecule has 7 heteroatoms. The predicted octanol–water partition coefficient (Wildman–Crippen LogP) is 1.14. The Kier molecular flexibility index (Phi) is 3.96. The van der Waals surface area contributed by atoms with E-state index < -0.39 is 23.9 Å². The van der Waals surface area contributed by atoms with Crippen molar-refractivity contribution in [2.75, 3.05) is 25.0 Å². The molecule has 0 spiro atoms. The van der Waals surface area contributed by atoms with Gasteiger partial charge in [0.25, 0.3) is 0 Å². The van der Waals surface area contributed by atoms with Crippen LogP contribution in [0.5, 0.6) is 0 Å². The Morgan fingerprint density at radius 1 is 1.37 bits per heavy atom. The maximum Gasteiger partial charge on any atom is 0.334 e. The van der Waals surface area contributed by atoms with Crippen LogP contribution >= 0.6 is 0 Å². The molecule has 6 nitrogen and oxygen atoms in total. The number of ether oxygens (including phenoxy) is 1. The monoisotopic (exact) mass is 268 g/mol. The molecule has 1 aliphatic rings. The summed E-state index contributed by atoms with van der Waals surface area (Å²) in [5.41, 5.74) is 0.449. The zero-order valence-corrected chi connectivity index (χ0v) is 10.0. The first-order chi connectivity index (χ1) is 9.06. The molecular weight excluding hydrogens is 255 g/mol. The summed E-state index contributed by atoms with van der Waals surface area (Å²) in [4.78, 5) is 24.0. The minimum Gasteiger partial charge on any atom is -0.479 e. The Labute approximate surface area is 108 Å². The van der Waals surface area contributed by atoms with Crippen LogP contribution < -0.4 is 5.32 Å². The summed E-state index contributed by atoms with van der Waals surface area (Å²) in [7, 11) is 0. The fourth-order valence-corrected chi connectivity index (χ4v) is 1.72. The molecular formula is C12H13FN2O4. The summed E-state index contributed by atoms with van der Waals surface area (Å²) in [5, 5.41) is 11.4. The molecule has 1 unspecified atom stereocenters. The SMILES string of the molecule is O=C(O)C1CN(C(=O)Nc2ccc(F)cc2)CCO1. The number of carbonyl (C=O) groups is 2.